The maximum Gasteiger partial charge on any atom is 0.453 e. The summed E-state index contributed by atoms with van der Waals surface area (Å²) in [5.41, 5.74) is 1.17. The first-order valence-electron chi connectivity index (χ1n) is 7.16. The van der Waals surface area contributed by atoms with E-state index >= 15 is 0 Å². The van der Waals surface area contributed by atoms with Gasteiger partial charge in [-0.15, -0.1) is 5.10 Å². The van der Waals surface area contributed by atoms with Crippen LogP contribution in [0, 0.1) is 6.92 Å². The molecule has 0 bridgehead atoms. The number of halogens is 4. The zero-order valence-electron chi connectivity index (χ0n) is 13.9. The predicted molar refractivity (Wildman–Crippen MR) is 87.8 cm³/mol. The third-order valence-corrected chi connectivity index (χ3v) is 4.90. The normalized spacial score (nSPS) is 12.5. The molecule has 2 rings (SSSR count). The summed E-state index contributed by atoms with van der Waals surface area (Å²) in [6, 6.07) is 2.79. The lowest BCUT2D eigenvalue weighted by Crippen LogP contribution is -2.16. The summed E-state index contributed by atoms with van der Waals surface area (Å²) in [6.45, 7) is 3.40. The van der Waals surface area contributed by atoms with E-state index in [1.807, 2.05) is 0 Å². The number of anilines is 1. The maximum atomic E-state index is 13.0. The van der Waals surface area contributed by atoms with E-state index in [0.717, 1.165) is 4.68 Å². The molecule has 0 saturated carbocycles. The van der Waals surface area contributed by atoms with Crippen molar-refractivity contribution in [1.82, 2.24) is 14.8 Å². The Morgan fingerprint density at radius 3 is 2.32 bits per heavy atom. The first-order chi connectivity index (χ1) is 11.4. The largest absolute Gasteiger partial charge is 0.453 e. The molecule has 0 atom stereocenters. The molecule has 0 N–H and O–H groups in total. The van der Waals surface area contributed by atoms with E-state index in [1.165, 1.54) is 25.1 Å². The van der Waals surface area contributed by atoms with Crippen LogP contribution in [0.4, 0.5) is 19.1 Å². The quantitative estimate of drug-likeness (QED) is 0.742. The Morgan fingerprint density at radius 1 is 1.28 bits per heavy atom. The fraction of sp³-hybridized carbons (Fsp3) is 0.429. The Hall–Kier alpha value is -1.81. The van der Waals surface area contributed by atoms with Crippen LogP contribution in [-0.4, -0.2) is 37.3 Å². The van der Waals surface area contributed by atoms with Crippen molar-refractivity contribution in [3.05, 3.63) is 29.1 Å². The van der Waals surface area contributed by atoms with Crippen LogP contribution in [0.15, 0.2) is 17.0 Å². The lowest BCUT2D eigenvalue weighted by Gasteiger charge is -2.16. The fourth-order valence-electron chi connectivity index (χ4n) is 2.34. The molecule has 0 aliphatic heterocycles. The minimum absolute atomic E-state index is 0.0856. The van der Waals surface area contributed by atoms with Gasteiger partial charge in [0.2, 0.25) is 5.95 Å². The molecule has 0 fully saturated rings. The Balaban J connectivity index is 2.80. The van der Waals surface area contributed by atoms with Crippen LogP contribution in [0.1, 0.15) is 23.9 Å². The second kappa shape index (κ2) is 6.49. The number of alkyl halides is 3. The molecule has 0 unspecified atom stereocenters. The second-order valence-corrected chi connectivity index (χ2v) is 8.11. The summed E-state index contributed by atoms with van der Waals surface area (Å²) in [5, 5.41) is 3.51. The van der Waals surface area contributed by atoms with Crippen LogP contribution in [0.3, 0.4) is 0 Å². The van der Waals surface area contributed by atoms with Gasteiger partial charge in [-0.2, -0.15) is 22.8 Å². The molecule has 0 spiro atoms. The summed E-state index contributed by atoms with van der Waals surface area (Å²) in [5.74, 6) is -1.40. The summed E-state index contributed by atoms with van der Waals surface area (Å²) in [6.07, 6.45) is -4.33. The van der Waals surface area contributed by atoms with Gasteiger partial charge in [-0.05, 0) is 30.5 Å². The molecule has 0 saturated heterocycles. The van der Waals surface area contributed by atoms with Crippen LogP contribution >= 0.6 is 10.7 Å². The standard InChI is InChI=1S/C14H16ClF3N4O2S/c1-5-9-6-8(2)10(7-11(9)25(15,23)24)22-13(21(3)4)19-12(20-22)14(16,17)18/h6-7H,5H2,1-4H3. The third kappa shape index (κ3) is 3.90. The molecule has 138 valence electrons. The average molecular weight is 397 g/mol. The van der Waals surface area contributed by atoms with Gasteiger partial charge in [-0.25, -0.2) is 8.42 Å². The predicted octanol–water partition coefficient (Wildman–Crippen LogP) is 3.15. The number of hydrogen-bond donors (Lipinski definition) is 0. The van der Waals surface area contributed by atoms with Gasteiger partial charge >= 0.3 is 6.18 Å². The molecule has 25 heavy (non-hydrogen) atoms. The highest BCUT2D eigenvalue weighted by Gasteiger charge is 2.38. The number of aromatic nitrogens is 3. The van der Waals surface area contributed by atoms with Crippen LogP contribution in [0.25, 0.3) is 5.69 Å². The Kier molecular flexibility index (Phi) is 5.06. The van der Waals surface area contributed by atoms with Crippen molar-refractivity contribution >= 4 is 25.7 Å². The van der Waals surface area contributed by atoms with E-state index in [9.17, 15) is 21.6 Å². The van der Waals surface area contributed by atoms with Gasteiger partial charge in [0.05, 0.1) is 10.6 Å². The molecule has 0 radical (unpaired) electrons. The van der Waals surface area contributed by atoms with Crippen LogP contribution < -0.4 is 4.90 Å². The van der Waals surface area contributed by atoms with Gasteiger partial charge < -0.3 is 4.90 Å². The Bertz CT molecular complexity index is 908. The second-order valence-electron chi connectivity index (χ2n) is 5.58. The van der Waals surface area contributed by atoms with E-state index in [4.69, 9.17) is 10.7 Å². The first kappa shape index (κ1) is 19.5. The van der Waals surface area contributed by atoms with E-state index in [-0.39, 0.29) is 16.5 Å². The van der Waals surface area contributed by atoms with Crippen molar-refractivity contribution in [3.63, 3.8) is 0 Å². The summed E-state index contributed by atoms with van der Waals surface area (Å²) in [7, 11) is 4.42. The molecule has 0 aliphatic rings. The molecule has 1 aromatic heterocycles. The van der Waals surface area contributed by atoms with Gasteiger partial charge in [-0.1, -0.05) is 13.0 Å². The van der Waals surface area contributed by atoms with Gasteiger partial charge in [-0.3, -0.25) is 0 Å². The molecule has 1 heterocycles. The number of benzene rings is 1. The van der Waals surface area contributed by atoms with Gasteiger partial charge in [0.1, 0.15) is 0 Å². The third-order valence-electron chi connectivity index (χ3n) is 3.49. The number of nitrogens with zero attached hydrogens (tertiary/aromatic N) is 4. The van der Waals surface area contributed by atoms with E-state index in [1.54, 1.807) is 19.9 Å². The SMILES string of the molecule is CCc1cc(C)c(-n2nc(C(F)(F)F)nc2N(C)C)cc1S(=O)(=O)Cl. The topological polar surface area (TPSA) is 68.1 Å². The van der Waals surface area contributed by atoms with Crippen molar-refractivity contribution in [2.75, 3.05) is 19.0 Å². The number of rotatable bonds is 4. The molecule has 11 heteroatoms. The maximum absolute atomic E-state index is 13.0. The van der Waals surface area contributed by atoms with E-state index in [0.29, 0.717) is 17.5 Å². The first-order valence-corrected chi connectivity index (χ1v) is 9.47. The number of aryl methyl sites for hydroxylation is 2. The summed E-state index contributed by atoms with van der Waals surface area (Å²) in [4.78, 5) is 4.69. The molecular formula is C14H16ClF3N4O2S. The zero-order valence-corrected chi connectivity index (χ0v) is 15.5. The van der Waals surface area contributed by atoms with Gasteiger partial charge in [0.25, 0.3) is 14.9 Å². The fourth-order valence-corrected chi connectivity index (χ4v) is 3.54. The minimum Gasteiger partial charge on any atom is -0.347 e. The monoisotopic (exact) mass is 396 g/mol. The molecule has 6 nitrogen and oxygen atoms in total. The van der Waals surface area contributed by atoms with E-state index < -0.39 is 21.1 Å². The summed E-state index contributed by atoms with van der Waals surface area (Å²) >= 11 is 0. The number of hydrogen-bond acceptors (Lipinski definition) is 5. The molecule has 2 aromatic rings. The van der Waals surface area contributed by atoms with Crippen molar-refractivity contribution in [2.24, 2.45) is 0 Å². The summed E-state index contributed by atoms with van der Waals surface area (Å²) < 4.78 is 63.5. The molecular weight excluding hydrogens is 381 g/mol. The lowest BCUT2D eigenvalue weighted by atomic mass is 10.1. The molecule has 1 aromatic carbocycles. The Morgan fingerprint density at radius 2 is 1.88 bits per heavy atom. The van der Waals surface area contributed by atoms with Crippen LogP contribution in [-0.2, 0) is 21.6 Å². The van der Waals surface area contributed by atoms with Crippen molar-refractivity contribution in [2.45, 2.75) is 31.3 Å². The zero-order chi connectivity index (χ0) is 19.2. The van der Waals surface area contributed by atoms with Gasteiger partial charge in [0.15, 0.2) is 0 Å². The minimum atomic E-state index is -4.73. The van der Waals surface area contributed by atoms with Gasteiger partial charge in [0, 0.05) is 24.8 Å². The highest BCUT2D eigenvalue weighted by molar-refractivity contribution is 8.13. The molecule has 0 aliphatic carbocycles. The average Bonchev–Trinajstić information content (AvgIpc) is 2.90. The van der Waals surface area contributed by atoms with Crippen molar-refractivity contribution < 1.29 is 21.6 Å². The lowest BCUT2D eigenvalue weighted by molar-refractivity contribution is -0.144. The molecule has 0 amide bonds. The highest BCUT2D eigenvalue weighted by Crippen LogP contribution is 2.32. The highest BCUT2D eigenvalue weighted by atomic mass is 35.7. The smallest absolute Gasteiger partial charge is 0.347 e. The van der Waals surface area contributed by atoms with Crippen molar-refractivity contribution in [3.8, 4) is 5.69 Å². The van der Waals surface area contributed by atoms with Crippen LogP contribution in [0.5, 0.6) is 0 Å². The van der Waals surface area contributed by atoms with E-state index in [2.05, 4.69) is 10.1 Å². The Labute approximate surface area is 147 Å². The van der Waals surface area contributed by atoms with Crippen LogP contribution in [0.2, 0.25) is 0 Å². The van der Waals surface area contributed by atoms with Crippen molar-refractivity contribution in [1.29, 1.82) is 0 Å².